The maximum atomic E-state index is 12.8. The molecule has 168 valence electrons. The number of nitrogens with one attached hydrogen (secondary N) is 1. The van der Waals surface area contributed by atoms with Gasteiger partial charge in [0.2, 0.25) is 5.91 Å². The second kappa shape index (κ2) is 9.67. The van der Waals surface area contributed by atoms with Gasteiger partial charge in [0, 0.05) is 16.1 Å². The highest BCUT2D eigenvalue weighted by molar-refractivity contribution is 9.10. The van der Waals surface area contributed by atoms with E-state index in [4.69, 9.17) is 16.6 Å². The molecule has 0 saturated carbocycles. The third-order valence-corrected chi connectivity index (χ3v) is 7.03. The number of fused-ring (bicyclic) bond motifs is 1. The second-order valence-electron chi connectivity index (χ2n) is 8.35. The summed E-state index contributed by atoms with van der Waals surface area (Å²) in [4.78, 5) is 20.1. The molecule has 5 rings (SSSR count). The van der Waals surface area contributed by atoms with Gasteiger partial charge in [-0.1, -0.05) is 51.8 Å². The summed E-state index contributed by atoms with van der Waals surface area (Å²) in [5.41, 5.74) is 3.86. The van der Waals surface area contributed by atoms with Crippen molar-refractivity contribution in [3.63, 3.8) is 0 Å². The van der Waals surface area contributed by atoms with Gasteiger partial charge in [0.1, 0.15) is 5.82 Å². The van der Waals surface area contributed by atoms with Crippen LogP contribution in [0.1, 0.15) is 18.7 Å². The smallest absolute Gasteiger partial charge is 0.227 e. The molecule has 1 aromatic heterocycles. The molecule has 5 nitrogen and oxygen atoms in total. The van der Waals surface area contributed by atoms with Crippen LogP contribution < -0.4 is 5.32 Å². The third-order valence-electron chi connectivity index (χ3n) is 6.17. The first-order valence-electron chi connectivity index (χ1n) is 11.1. The van der Waals surface area contributed by atoms with Crippen LogP contribution in [0.2, 0.25) is 5.02 Å². The summed E-state index contributed by atoms with van der Waals surface area (Å²) in [6.07, 6.45) is 1.63. The summed E-state index contributed by atoms with van der Waals surface area (Å²) in [5, 5.41) is 3.55. The number of carbonyl (C=O) groups is 1. The largest absolute Gasteiger partial charge is 0.325 e. The van der Waals surface area contributed by atoms with Crippen LogP contribution in [0.25, 0.3) is 16.7 Å². The number of carbonyl (C=O) groups excluding carboxylic acids is 1. The van der Waals surface area contributed by atoms with Crippen molar-refractivity contribution in [1.29, 1.82) is 0 Å². The second-order valence-corrected chi connectivity index (χ2v) is 9.67. The minimum absolute atomic E-state index is 0.0113. The summed E-state index contributed by atoms with van der Waals surface area (Å²) in [6, 6.07) is 23.9. The molecule has 4 aromatic rings. The first-order chi connectivity index (χ1) is 16.1. The predicted octanol–water partition coefficient (Wildman–Crippen LogP) is 6.29. The van der Waals surface area contributed by atoms with Crippen molar-refractivity contribution in [1.82, 2.24) is 14.5 Å². The molecular formula is C26H24BrClN4O. The summed E-state index contributed by atoms with van der Waals surface area (Å²) < 4.78 is 3.28. The number of halogens is 2. The van der Waals surface area contributed by atoms with Crippen molar-refractivity contribution in [3.05, 3.63) is 88.1 Å². The summed E-state index contributed by atoms with van der Waals surface area (Å²) in [6.45, 7) is 2.44. The Bertz CT molecular complexity index is 1280. The van der Waals surface area contributed by atoms with E-state index in [-0.39, 0.29) is 11.8 Å². The number of para-hydroxylation sites is 3. The predicted molar refractivity (Wildman–Crippen MR) is 137 cm³/mol. The van der Waals surface area contributed by atoms with E-state index in [1.165, 1.54) is 0 Å². The van der Waals surface area contributed by atoms with Crippen molar-refractivity contribution in [2.24, 2.45) is 5.92 Å². The van der Waals surface area contributed by atoms with Gasteiger partial charge in [-0.25, -0.2) is 4.98 Å². The molecule has 1 amide bonds. The molecule has 1 fully saturated rings. The zero-order valence-electron chi connectivity index (χ0n) is 18.0. The highest BCUT2D eigenvalue weighted by atomic mass is 79.9. The van der Waals surface area contributed by atoms with Crippen molar-refractivity contribution in [3.8, 4) is 5.69 Å². The molecule has 1 aliphatic heterocycles. The fraction of sp³-hybridized carbons (Fsp3) is 0.231. The number of piperidine rings is 1. The van der Waals surface area contributed by atoms with Crippen molar-refractivity contribution >= 4 is 50.2 Å². The Hall–Kier alpha value is -2.67. The maximum Gasteiger partial charge on any atom is 0.227 e. The fourth-order valence-electron chi connectivity index (χ4n) is 4.41. The van der Waals surface area contributed by atoms with E-state index < -0.39 is 0 Å². The lowest BCUT2D eigenvalue weighted by Crippen LogP contribution is -2.38. The summed E-state index contributed by atoms with van der Waals surface area (Å²) in [7, 11) is 0. The molecular weight excluding hydrogens is 500 g/mol. The Morgan fingerprint density at radius 3 is 2.45 bits per heavy atom. The number of hydrogen-bond acceptors (Lipinski definition) is 3. The first-order valence-corrected chi connectivity index (χ1v) is 12.3. The molecule has 1 aliphatic rings. The lowest BCUT2D eigenvalue weighted by Gasteiger charge is -2.31. The topological polar surface area (TPSA) is 50.2 Å². The number of rotatable bonds is 5. The van der Waals surface area contributed by atoms with Gasteiger partial charge in [-0.3, -0.25) is 14.3 Å². The molecule has 0 bridgehead atoms. The minimum Gasteiger partial charge on any atom is -0.325 e. The molecule has 2 heterocycles. The van der Waals surface area contributed by atoms with Crippen LogP contribution in [-0.2, 0) is 11.3 Å². The number of likely N-dealkylation sites (tertiary alicyclic amines) is 1. The number of imidazole rings is 1. The summed E-state index contributed by atoms with van der Waals surface area (Å²) in [5.74, 6) is 1.05. The van der Waals surface area contributed by atoms with E-state index in [9.17, 15) is 4.79 Å². The van der Waals surface area contributed by atoms with Gasteiger partial charge >= 0.3 is 0 Å². The maximum absolute atomic E-state index is 12.8. The molecule has 1 N–H and O–H groups in total. The van der Waals surface area contributed by atoms with E-state index in [0.717, 1.165) is 59.5 Å². The van der Waals surface area contributed by atoms with Gasteiger partial charge in [0.15, 0.2) is 0 Å². The van der Waals surface area contributed by atoms with Crippen LogP contribution in [0.5, 0.6) is 0 Å². The molecule has 0 aliphatic carbocycles. The Morgan fingerprint density at radius 2 is 1.70 bits per heavy atom. The number of nitrogens with zero attached hydrogens (tertiary/aromatic N) is 3. The van der Waals surface area contributed by atoms with Crippen molar-refractivity contribution in [2.45, 2.75) is 19.4 Å². The molecule has 33 heavy (non-hydrogen) atoms. The lowest BCUT2D eigenvalue weighted by atomic mass is 9.96. The van der Waals surface area contributed by atoms with Gasteiger partial charge in [-0.05, 0) is 74.5 Å². The zero-order chi connectivity index (χ0) is 22.8. The Balaban J connectivity index is 1.30. The van der Waals surface area contributed by atoms with E-state index in [1.54, 1.807) is 6.07 Å². The number of anilines is 1. The SMILES string of the molecule is O=C(Nc1ccccc1Cl)C1CCN(Cc2nc3ccccc3n2-c2ccc(Br)cc2)CC1. The third kappa shape index (κ3) is 4.83. The van der Waals surface area contributed by atoms with E-state index in [0.29, 0.717) is 10.7 Å². The average molecular weight is 524 g/mol. The van der Waals surface area contributed by atoms with Crippen LogP contribution in [0.3, 0.4) is 0 Å². The molecule has 0 spiro atoms. The van der Waals surface area contributed by atoms with Gasteiger partial charge in [0.05, 0.1) is 28.3 Å². The molecule has 0 atom stereocenters. The Labute approximate surface area is 206 Å². The zero-order valence-corrected chi connectivity index (χ0v) is 20.4. The Morgan fingerprint density at radius 1 is 1.00 bits per heavy atom. The molecule has 0 radical (unpaired) electrons. The van der Waals surface area contributed by atoms with Crippen LogP contribution in [0, 0.1) is 5.92 Å². The van der Waals surface area contributed by atoms with Crippen LogP contribution in [-0.4, -0.2) is 33.4 Å². The highest BCUT2D eigenvalue weighted by Gasteiger charge is 2.26. The van der Waals surface area contributed by atoms with Crippen LogP contribution in [0.4, 0.5) is 5.69 Å². The van der Waals surface area contributed by atoms with Crippen molar-refractivity contribution in [2.75, 3.05) is 18.4 Å². The standard InChI is InChI=1S/C26H24BrClN4O/c27-19-9-11-20(12-10-19)32-24-8-4-3-7-23(24)29-25(32)17-31-15-13-18(14-16-31)26(33)30-22-6-2-1-5-21(22)28/h1-12,18H,13-17H2,(H,30,33). The van der Waals surface area contributed by atoms with Gasteiger partial charge in [-0.2, -0.15) is 0 Å². The number of amides is 1. The average Bonchev–Trinajstić information content (AvgIpc) is 3.19. The normalized spacial score (nSPS) is 15.1. The van der Waals surface area contributed by atoms with E-state index in [1.807, 2.05) is 30.3 Å². The molecule has 1 saturated heterocycles. The van der Waals surface area contributed by atoms with Gasteiger partial charge in [-0.15, -0.1) is 0 Å². The van der Waals surface area contributed by atoms with Crippen molar-refractivity contribution < 1.29 is 4.79 Å². The van der Waals surface area contributed by atoms with E-state index >= 15 is 0 Å². The lowest BCUT2D eigenvalue weighted by molar-refractivity contribution is -0.121. The van der Waals surface area contributed by atoms with Gasteiger partial charge < -0.3 is 5.32 Å². The molecule has 7 heteroatoms. The van der Waals surface area contributed by atoms with Crippen LogP contribution >= 0.6 is 27.5 Å². The first kappa shape index (κ1) is 22.1. The minimum atomic E-state index is -0.0113. The fourth-order valence-corrected chi connectivity index (χ4v) is 4.86. The Kier molecular flexibility index (Phi) is 6.49. The number of aromatic nitrogens is 2. The van der Waals surface area contributed by atoms with E-state index in [2.05, 4.69) is 67.1 Å². The number of benzene rings is 3. The number of hydrogen-bond donors (Lipinski definition) is 1. The summed E-state index contributed by atoms with van der Waals surface area (Å²) >= 11 is 9.72. The monoisotopic (exact) mass is 522 g/mol. The highest BCUT2D eigenvalue weighted by Crippen LogP contribution is 2.27. The van der Waals surface area contributed by atoms with Gasteiger partial charge in [0.25, 0.3) is 0 Å². The van der Waals surface area contributed by atoms with Crippen LogP contribution in [0.15, 0.2) is 77.3 Å². The molecule has 0 unspecified atom stereocenters. The quantitative estimate of drug-likeness (QED) is 0.334. The molecule has 3 aromatic carbocycles.